The zero-order valence-electron chi connectivity index (χ0n) is 13.4. The number of rotatable bonds is 7. The van der Waals surface area contributed by atoms with E-state index in [0.717, 1.165) is 5.75 Å². The van der Waals surface area contributed by atoms with E-state index in [1.54, 1.807) is 0 Å². The molecule has 112 valence electrons. The second-order valence-corrected chi connectivity index (χ2v) is 5.83. The number of ether oxygens (including phenoxy) is 2. The first-order valence-electron chi connectivity index (χ1n) is 6.72. The van der Waals surface area contributed by atoms with Gasteiger partial charge in [0.2, 0.25) is 0 Å². The van der Waals surface area contributed by atoms with E-state index in [1.165, 1.54) is 11.8 Å². The zero-order valence-corrected chi connectivity index (χ0v) is 13.4. The van der Waals surface area contributed by atoms with Gasteiger partial charge in [0.05, 0.1) is 6.26 Å². The van der Waals surface area contributed by atoms with Gasteiger partial charge in [-0.3, -0.25) is 0 Å². The van der Waals surface area contributed by atoms with Gasteiger partial charge in [-0.2, -0.15) is 0 Å². The highest BCUT2D eigenvalue weighted by molar-refractivity contribution is 5.26. The minimum atomic E-state index is -0.551. The van der Waals surface area contributed by atoms with Gasteiger partial charge < -0.3 is 9.47 Å². The molecule has 0 aliphatic carbocycles. The van der Waals surface area contributed by atoms with E-state index >= 15 is 0 Å². The van der Waals surface area contributed by atoms with Crippen LogP contribution in [0.5, 0.6) is 5.75 Å². The van der Waals surface area contributed by atoms with Crippen molar-refractivity contribution in [3.8, 4) is 5.75 Å². The Bertz CT molecular complexity index is 438. The van der Waals surface area contributed by atoms with E-state index in [4.69, 9.17) is 9.47 Å². The van der Waals surface area contributed by atoms with Crippen LogP contribution in [0.3, 0.4) is 0 Å². The Balaban J connectivity index is 2.71. The van der Waals surface area contributed by atoms with Crippen molar-refractivity contribution < 1.29 is 9.47 Å². The normalized spacial score (nSPS) is 12.3. The van der Waals surface area contributed by atoms with Crippen LogP contribution in [0.25, 0.3) is 0 Å². The summed E-state index contributed by atoms with van der Waals surface area (Å²) in [6.07, 6.45) is 1.43. The summed E-state index contributed by atoms with van der Waals surface area (Å²) in [7, 11) is 1.92. The topological polar surface area (TPSA) is 33.7 Å². The minimum absolute atomic E-state index is 0.531. The summed E-state index contributed by atoms with van der Waals surface area (Å²) >= 11 is 0. The molecule has 0 radical (unpaired) electrons. The maximum Gasteiger partial charge on any atom is 0.169 e. The van der Waals surface area contributed by atoms with Crippen molar-refractivity contribution in [3.05, 3.63) is 42.7 Å². The van der Waals surface area contributed by atoms with E-state index in [9.17, 15) is 0 Å². The summed E-state index contributed by atoms with van der Waals surface area (Å²) in [5.41, 5.74) is 3.37. The first kappa shape index (κ1) is 16.5. The second kappa shape index (κ2) is 6.29. The van der Waals surface area contributed by atoms with Gasteiger partial charge in [0, 0.05) is 7.05 Å². The third kappa shape index (κ3) is 4.87. The van der Waals surface area contributed by atoms with Crippen LogP contribution in [0.4, 0.5) is 0 Å². The van der Waals surface area contributed by atoms with Gasteiger partial charge in [0.25, 0.3) is 0 Å². The van der Waals surface area contributed by atoms with E-state index in [1.807, 2.05) is 64.0 Å². The number of nitrogens with zero attached hydrogens (tertiary/aromatic N) is 1. The standard InChI is InChI=1S/C16H26N2O2/c1-8-19-15(3,4)17-18(7)16(5,6)20-14-11-9-13(2)10-12-14/h8-12,17H,1H2,2-7H3. The van der Waals surface area contributed by atoms with Crippen molar-refractivity contribution in [2.45, 2.75) is 46.1 Å². The minimum Gasteiger partial charge on any atom is -0.480 e. The van der Waals surface area contributed by atoms with Crippen LogP contribution >= 0.6 is 0 Å². The van der Waals surface area contributed by atoms with Gasteiger partial charge in [-0.1, -0.05) is 24.3 Å². The molecule has 1 N–H and O–H groups in total. The van der Waals surface area contributed by atoms with Crippen molar-refractivity contribution in [1.82, 2.24) is 10.4 Å². The fourth-order valence-electron chi connectivity index (χ4n) is 1.74. The van der Waals surface area contributed by atoms with Crippen LogP contribution in [0.1, 0.15) is 33.3 Å². The molecule has 1 aromatic carbocycles. The lowest BCUT2D eigenvalue weighted by Gasteiger charge is -2.40. The van der Waals surface area contributed by atoms with E-state index < -0.39 is 11.4 Å². The van der Waals surface area contributed by atoms with Crippen molar-refractivity contribution in [3.63, 3.8) is 0 Å². The molecular weight excluding hydrogens is 252 g/mol. The number of nitrogens with one attached hydrogen (secondary N) is 1. The molecule has 0 aliphatic heterocycles. The fraction of sp³-hybridized carbons (Fsp3) is 0.500. The lowest BCUT2D eigenvalue weighted by atomic mass is 10.2. The number of hydrogen-bond donors (Lipinski definition) is 1. The molecule has 0 aromatic heterocycles. The van der Waals surface area contributed by atoms with Crippen LogP contribution < -0.4 is 10.2 Å². The molecule has 4 nitrogen and oxygen atoms in total. The highest BCUT2D eigenvalue weighted by Gasteiger charge is 2.30. The Morgan fingerprint density at radius 3 is 2.20 bits per heavy atom. The van der Waals surface area contributed by atoms with Crippen LogP contribution in [-0.4, -0.2) is 23.5 Å². The fourth-order valence-corrected chi connectivity index (χ4v) is 1.74. The first-order chi connectivity index (χ1) is 9.16. The maximum absolute atomic E-state index is 6.02. The molecule has 0 fully saturated rings. The molecule has 0 atom stereocenters. The number of benzene rings is 1. The molecule has 0 aliphatic rings. The van der Waals surface area contributed by atoms with Crippen LogP contribution in [0.2, 0.25) is 0 Å². The number of aryl methyl sites for hydroxylation is 1. The number of hydrogen-bond acceptors (Lipinski definition) is 4. The quantitative estimate of drug-likeness (QED) is 0.470. The van der Waals surface area contributed by atoms with E-state index in [2.05, 4.69) is 18.9 Å². The summed E-state index contributed by atoms with van der Waals surface area (Å²) in [5, 5.41) is 1.89. The van der Waals surface area contributed by atoms with Crippen LogP contribution in [-0.2, 0) is 4.74 Å². The Hall–Kier alpha value is -1.52. The van der Waals surface area contributed by atoms with Crippen molar-refractivity contribution in [2.75, 3.05) is 7.05 Å². The summed E-state index contributed by atoms with van der Waals surface area (Å²) in [5.74, 6) is 0.830. The highest BCUT2D eigenvalue weighted by atomic mass is 16.5. The summed E-state index contributed by atoms with van der Waals surface area (Å²) in [6, 6.07) is 8.00. The molecule has 0 bridgehead atoms. The second-order valence-electron chi connectivity index (χ2n) is 5.83. The van der Waals surface area contributed by atoms with Crippen molar-refractivity contribution >= 4 is 0 Å². The molecule has 0 amide bonds. The Morgan fingerprint density at radius 2 is 1.70 bits per heavy atom. The highest BCUT2D eigenvalue weighted by Crippen LogP contribution is 2.21. The predicted molar refractivity (Wildman–Crippen MR) is 82.1 cm³/mol. The maximum atomic E-state index is 6.02. The molecule has 0 unspecified atom stereocenters. The SMILES string of the molecule is C=COC(C)(C)NN(C)C(C)(C)Oc1ccc(C)cc1. The molecule has 0 saturated heterocycles. The van der Waals surface area contributed by atoms with Gasteiger partial charge in [-0.05, 0) is 46.8 Å². The molecule has 1 aromatic rings. The largest absolute Gasteiger partial charge is 0.480 e. The Kier molecular flexibility index (Phi) is 5.20. The monoisotopic (exact) mass is 278 g/mol. The molecule has 1 rings (SSSR count). The molecule has 4 heteroatoms. The first-order valence-corrected chi connectivity index (χ1v) is 6.72. The molecule has 0 saturated carbocycles. The summed E-state index contributed by atoms with van der Waals surface area (Å²) in [4.78, 5) is 0. The van der Waals surface area contributed by atoms with E-state index in [-0.39, 0.29) is 0 Å². The third-order valence-corrected chi connectivity index (χ3v) is 3.01. The lowest BCUT2D eigenvalue weighted by Crippen LogP contribution is -2.59. The van der Waals surface area contributed by atoms with Crippen molar-refractivity contribution in [2.24, 2.45) is 0 Å². The third-order valence-electron chi connectivity index (χ3n) is 3.01. The van der Waals surface area contributed by atoms with Gasteiger partial charge in [-0.25, -0.2) is 10.4 Å². The summed E-state index contributed by atoms with van der Waals surface area (Å²) in [6.45, 7) is 13.5. The van der Waals surface area contributed by atoms with Crippen LogP contribution in [0, 0.1) is 6.92 Å². The molecular formula is C16H26N2O2. The molecule has 0 spiro atoms. The average Bonchev–Trinajstić information content (AvgIpc) is 2.31. The Morgan fingerprint density at radius 1 is 1.15 bits per heavy atom. The van der Waals surface area contributed by atoms with Crippen LogP contribution in [0.15, 0.2) is 37.1 Å². The van der Waals surface area contributed by atoms with Gasteiger partial charge in [0.15, 0.2) is 11.4 Å². The molecule has 0 heterocycles. The van der Waals surface area contributed by atoms with Gasteiger partial charge in [-0.15, -0.1) is 0 Å². The predicted octanol–water partition coefficient (Wildman–Crippen LogP) is 3.44. The Labute approximate surface area is 122 Å². The summed E-state index contributed by atoms with van der Waals surface area (Å²) < 4.78 is 11.4. The number of hydrazine groups is 1. The van der Waals surface area contributed by atoms with Gasteiger partial charge in [0.1, 0.15) is 5.75 Å². The lowest BCUT2D eigenvalue weighted by molar-refractivity contribution is -0.132. The zero-order chi connectivity index (χ0) is 15.4. The van der Waals surface area contributed by atoms with E-state index in [0.29, 0.717) is 0 Å². The smallest absolute Gasteiger partial charge is 0.169 e. The molecule has 20 heavy (non-hydrogen) atoms. The average molecular weight is 278 g/mol. The van der Waals surface area contributed by atoms with Gasteiger partial charge >= 0.3 is 0 Å². The van der Waals surface area contributed by atoms with Crippen molar-refractivity contribution in [1.29, 1.82) is 0 Å².